The molecular formula is C23H25FN4O2S. The Hall–Kier alpha value is -2.71. The first-order valence-electron chi connectivity index (χ1n) is 10.3. The van der Waals surface area contributed by atoms with Crippen molar-refractivity contribution in [2.45, 2.75) is 44.5 Å². The summed E-state index contributed by atoms with van der Waals surface area (Å²) in [4.78, 5) is 12.6. The van der Waals surface area contributed by atoms with Crippen molar-refractivity contribution in [3.8, 4) is 11.4 Å². The lowest BCUT2D eigenvalue weighted by molar-refractivity contribution is -0.113. The van der Waals surface area contributed by atoms with Crippen LogP contribution in [0.1, 0.15) is 24.0 Å². The molecular weight excluding hydrogens is 415 g/mol. The molecule has 1 fully saturated rings. The summed E-state index contributed by atoms with van der Waals surface area (Å²) in [7, 11) is 0. The fourth-order valence-electron chi connectivity index (χ4n) is 3.57. The van der Waals surface area contributed by atoms with Gasteiger partial charge in [-0.2, -0.15) is 0 Å². The van der Waals surface area contributed by atoms with Crippen LogP contribution < -0.4 is 5.32 Å². The van der Waals surface area contributed by atoms with Crippen molar-refractivity contribution >= 4 is 23.4 Å². The molecule has 6 nitrogen and oxygen atoms in total. The van der Waals surface area contributed by atoms with E-state index in [-0.39, 0.29) is 23.6 Å². The summed E-state index contributed by atoms with van der Waals surface area (Å²) < 4.78 is 21.1. The number of amides is 1. The van der Waals surface area contributed by atoms with E-state index in [1.165, 1.54) is 23.9 Å². The van der Waals surface area contributed by atoms with Gasteiger partial charge in [-0.05, 0) is 68.1 Å². The highest BCUT2D eigenvalue weighted by Gasteiger charge is 2.22. The van der Waals surface area contributed by atoms with Gasteiger partial charge >= 0.3 is 0 Å². The summed E-state index contributed by atoms with van der Waals surface area (Å²) >= 11 is 1.33. The topological polar surface area (TPSA) is 69.0 Å². The minimum absolute atomic E-state index is 0.0818. The number of carbonyl (C=O) groups excluding carboxylic acids is 1. The highest BCUT2D eigenvalue weighted by Crippen LogP contribution is 2.27. The zero-order chi connectivity index (χ0) is 21.8. The summed E-state index contributed by atoms with van der Waals surface area (Å²) in [5.74, 6) is 0.453. The number of nitrogens with one attached hydrogen (secondary N) is 1. The Morgan fingerprint density at radius 2 is 2.03 bits per heavy atom. The maximum absolute atomic E-state index is 13.4. The zero-order valence-corrected chi connectivity index (χ0v) is 18.4. The largest absolute Gasteiger partial charge is 0.376 e. The summed E-state index contributed by atoms with van der Waals surface area (Å²) in [6.45, 7) is 5.36. The van der Waals surface area contributed by atoms with Gasteiger partial charge in [0.1, 0.15) is 5.82 Å². The number of hydrogen-bond donors (Lipinski definition) is 1. The molecule has 0 radical (unpaired) electrons. The lowest BCUT2D eigenvalue weighted by Gasteiger charge is -2.15. The normalized spacial score (nSPS) is 15.9. The Morgan fingerprint density at radius 3 is 2.77 bits per heavy atom. The van der Waals surface area contributed by atoms with Crippen LogP contribution >= 0.6 is 11.8 Å². The van der Waals surface area contributed by atoms with Crippen LogP contribution in [0.4, 0.5) is 10.1 Å². The number of nitrogens with zero attached hydrogens (tertiary/aromatic N) is 3. The van der Waals surface area contributed by atoms with Crippen LogP contribution in [0, 0.1) is 19.7 Å². The Labute approximate surface area is 185 Å². The van der Waals surface area contributed by atoms with E-state index < -0.39 is 0 Å². The molecule has 162 valence electrons. The van der Waals surface area contributed by atoms with E-state index >= 15 is 0 Å². The van der Waals surface area contributed by atoms with Gasteiger partial charge in [-0.15, -0.1) is 10.2 Å². The molecule has 1 amide bonds. The van der Waals surface area contributed by atoms with Crippen molar-refractivity contribution in [1.29, 1.82) is 0 Å². The van der Waals surface area contributed by atoms with E-state index in [4.69, 9.17) is 4.74 Å². The van der Waals surface area contributed by atoms with E-state index in [0.29, 0.717) is 17.5 Å². The van der Waals surface area contributed by atoms with Gasteiger partial charge in [0.25, 0.3) is 0 Å². The van der Waals surface area contributed by atoms with Crippen LogP contribution in [0.3, 0.4) is 0 Å². The maximum Gasteiger partial charge on any atom is 0.234 e. The minimum Gasteiger partial charge on any atom is -0.376 e. The highest BCUT2D eigenvalue weighted by atomic mass is 32.2. The molecule has 0 unspecified atom stereocenters. The molecule has 1 aliphatic heterocycles. The number of hydrogen-bond acceptors (Lipinski definition) is 5. The lowest BCUT2D eigenvalue weighted by atomic mass is 10.1. The van der Waals surface area contributed by atoms with Crippen LogP contribution in [-0.2, 0) is 16.1 Å². The van der Waals surface area contributed by atoms with Crippen molar-refractivity contribution in [2.75, 3.05) is 17.7 Å². The van der Waals surface area contributed by atoms with Gasteiger partial charge in [0.15, 0.2) is 11.0 Å². The van der Waals surface area contributed by atoms with E-state index in [1.807, 2.05) is 36.6 Å². The average molecular weight is 441 g/mol. The molecule has 0 spiro atoms. The number of anilines is 1. The summed E-state index contributed by atoms with van der Waals surface area (Å²) in [6.07, 6.45) is 2.08. The zero-order valence-electron chi connectivity index (χ0n) is 17.6. The maximum atomic E-state index is 13.4. The van der Waals surface area contributed by atoms with Crippen molar-refractivity contribution in [3.05, 3.63) is 59.4 Å². The number of benzene rings is 2. The van der Waals surface area contributed by atoms with Crippen molar-refractivity contribution in [1.82, 2.24) is 14.8 Å². The Morgan fingerprint density at radius 1 is 1.23 bits per heavy atom. The number of carbonyl (C=O) groups is 1. The predicted molar refractivity (Wildman–Crippen MR) is 120 cm³/mol. The summed E-state index contributed by atoms with van der Waals surface area (Å²) in [5.41, 5.74) is 3.78. The Balaban J connectivity index is 1.51. The number of ether oxygens (including phenoxy) is 1. The fraction of sp³-hybridized carbons (Fsp3) is 0.348. The molecule has 8 heteroatoms. The van der Waals surface area contributed by atoms with Crippen LogP contribution in [0.2, 0.25) is 0 Å². The number of aromatic nitrogens is 3. The van der Waals surface area contributed by atoms with Crippen LogP contribution in [0.5, 0.6) is 0 Å². The minimum atomic E-state index is -0.299. The van der Waals surface area contributed by atoms with Crippen LogP contribution in [0.25, 0.3) is 11.4 Å². The van der Waals surface area contributed by atoms with E-state index in [9.17, 15) is 9.18 Å². The molecule has 0 bridgehead atoms. The molecule has 0 saturated carbocycles. The second-order valence-electron chi connectivity index (χ2n) is 7.64. The first kappa shape index (κ1) is 21.5. The van der Waals surface area contributed by atoms with Gasteiger partial charge in [-0.3, -0.25) is 9.36 Å². The standard InChI is InChI=1S/C23H25FN4O2S/c1-15-5-3-7-20(16(15)2)25-21(29)14-31-23-27-26-22(17-8-10-18(24)11-9-17)28(23)13-19-6-4-12-30-19/h3,5,7-11,19H,4,6,12-14H2,1-2H3,(H,25,29)/t19-/m1/s1. The highest BCUT2D eigenvalue weighted by molar-refractivity contribution is 7.99. The molecule has 1 N–H and O–H groups in total. The number of thioether (sulfide) groups is 1. The Bertz CT molecular complexity index is 1060. The van der Waals surface area contributed by atoms with Gasteiger partial charge in [-0.1, -0.05) is 23.9 Å². The molecule has 2 aromatic carbocycles. The third kappa shape index (κ3) is 5.14. The van der Waals surface area contributed by atoms with Gasteiger partial charge in [-0.25, -0.2) is 4.39 Å². The summed E-state index contributed by atoms with van der Waals surface area (Å²) in [5, 5.41) is 12.3. The molecule has 2 heterocycles. The smallest absolute Gasteiger partial charge is 0.234 e. The van der Waals surface area contributed by atoms with E-state index in [1.54, 1.807) is 12.1 Å². The molecule has 31 heavy (non-hydrogen) atoms. The SMILES string of the molecule is Cc1cccc(NC(=O)CSc2nnc(-c3ccc(F)cc3)n2C[C@H]2CCCO2)c1C. The molecule has 0 aliphatic carbocycles. The lowest BCUT2D eigenvalue weighted by Crippen LogP contribution is -2.18. The van der Waals surface area contributed by atoms with Crippen molar-refractivity contribution < 1.29 is 13.9 Å². The summed E-state index contributed by atoms with van der Waals surface area (Å²) in [6, 6.07) is 12.0. The van der Waals surface area contributed by atoms with Gasteiger partial charge in [0.2, 0.25) is 5.91 Å². The molecule has 1 saturated heterocycles. The third-order valence-electron chi connectivity index (χ3n) is 5.44. The fourth-order valence-corrected chi connectivity index (χ4v) is 4.32. The van der Waals surface area contributed by atoms with E-state index in [2.05, 4.69) is 15.5 Å². The van der Waals surface area contributed by atoms with Crippen molar-refractivity contribution in [3.63, 3.8) is 0 Å². The van der Waals surface area contributed by atoms with Crippen molar-refractivity contribution in [2.24, 2.45) is 0 Å². The molecule has 4 rings (SSSR count). The molecule has 1 aliphatic rings. The van der Waals surface area contributed by atoms with Gasteiger partial charge < -0.3 is 10.1 Å². The monoisotopic (exact) mass is 440 g/mol. The third-order valence-corrected chi connectivity index (χ3v) is 6.41. The second-order valence-corrected chi connectivity index (χ2v) is 8.59. The number of aryl methyl sites for hydroxylation is 1. The second kappa shape index (κ2) is 9.62. The number of halogens is 1. The predicted octanol–water partition coefficient (Wildman–Crippen LogP) is 4.61. The first-order chi connectivity index (χ1) is 15.0. The van der Waals surface area contributed by atoms with Gasteiger partial charge in [0, 0.05) is 17.9 Å². The quantitative estimate of drug-likeness (QED) is 0.544. The molecule has 1 aromatic heterocycles. The molecule has 3 aromatic rings. The van der Waals surface area contributed by atoms with Crippen LogP contribution in [-0.4, -0.2) is 39.1 Å². The van der Waals surface area contributed by atoms with E-state index in [0.717, 1.165) is 41.8 Å². The van der Waals surface area contributed by atoms with Crippen LogP contribution in [0.15, 0.2) is 47.6 Å². The number of rotatable bonds is 7. The molecule has 1 atom stereocenters. The van der Waals surface area contributed by atoms with Gasteiger partial charge in [0.05, 0.1) is 18.4 Å². The average Bonchev–Trinajstić information content (AvgIpc) is 3.41. The first-order valence-corrected chi connectivity index (χ1v) is 11.3. The Kier molecular flexibility index (Phi) is 6.67.